The summed E-state index contributed by atoms with van der Waals surface area (Å²) in [6.45, 7) is 1.79. The van der Waals surface area contributed by atoms with E-state index in [0.717, 1.165) is 25.7 Å². The van der Waals surface area contributed by atoms with Crippen molar-refractivity contribution in [2.24, 2.45) is 5.92 Å². The van der Waals surface area contributed by atoms with Crippen molar-refractivity contribution in [1.82, 2.24) is 4.57 Å². The van der Waals surface area contributed by atoms with Crippen molar-refractivity contribution in [3.63, 3.8) is 0 Å². The average molecular weight is 350 g/mol. The maximum atomic E-state index is 13.0. The van der Waals surface area contributed by atoms with Crippen molar-refractivity contribution in [1.29, 1.82) is 0 Å². The molecule has 0 saturated heterocycles. The predicted octanol–water partition coefficient (Wildman–Crippen LogP) is 4.07. The fourth-order valence-corrected chi connectivity index (χ4v) is 4.03. The summed E-state index contributed by atoms with van der Waals surface area (Å²) >= 11 is 6.44. The van der Waals surface area contributed by atoms with Gasteiger partial charge in [-0.3, -0.25) is 14.2 Å². The lowest BCUT2D eigenvalue weighted by atomic mass is 10.1. The zero-order chi connectivity index (χ0) is 17.4. The highest BCUT2D eigenvalue weighted by atomic mass is 35.5. The number of nitrogens with zero attached hydrogens (tertiary/aromatic N) is 1. The second-order valence-electron chi connectivity index (χ2n) is 6.27. The molecule has 128 valence electrons. The number of benzene rings is 1. The number of aliphatic carboxylic acids is 1. The molecule has 1 aliphatic carbocycles. The van der Waals surface area contributed by atoms with E-state index in [-0.39, 0.29) is 18.2 Å². The molecule has 6 heteroatoms. The molecule has 1 aromatic heterocycles. The zero-order valence-electron chi connectivity index (χ0n) is 13.8. The number of halogens is 1. The van der Waals surface area contributed by atoms with Gasteiger partial charge in [0.1, 0.15) is 5.75 Å². The molecule has 0 atom stereocenters. The van der Waals surface area contributed by atoms with Gasteiger partial charge in [0.2, 0.25) is 5.91 Å². The fraction of sp³-hybridized carbons (Fsp3) is 0.444. The summed E-state index contributed by atoms with van der Waals surface area (Å²) in [6.07, 6.45) is 3.71. The predicted molar refractivity (Wildman–Crippen MR) is 92.2 cm³/mol. The first-order valence-electron chi connectivity index (χ1n) is 8.08. The molecule has 0 amide bonds. The monoisotopic (exact) mass is 349 g/mol. The van der Waals surface area contributed by atoms with Gasteiger partial charge < -0.3 is 9.84 Å². The van der Waals surface area contributed by atoms with Crippen molar-refractivity contribution in [3.05, 3.63) is 28.4 Å². The lowest BCUT2D eigenvalue weighted by Gasteiger charge is -2.12. The molecule has 0 bridgehead atoms. The van der Waals surface area contributed by atoms with Gasteiger partial charge in [-0.15, -0.1) is 0 Å². The zero-order valence-corrected chi connectivity index (χ0v) is 14.5. The van der Waals surface area contributed by atoms with Crippen LogP contribution in [-0.2, 0) is 11.2 Å². The van der Waals surface area contributed by atoms with Gasteiger partial charge in [-0.2, -0.15) is 0 Å². The van der Waals surface area contributed by atoms with Crippen molar-refractivity contribution in [2.75, 3.05) is 7.11 Å². The van der Waals surface area contributed by atoms with Gasteiger partial charge in [0.05, 0.1) is 24.1 Å². The number of carbonyl (C=O) groups is 2. The van der Waals surface area contributed by atoms with E-state index in [1.807, 2.05) is 0 Å². The third-order valence-corrected chi connectivity index (χ3v) is 5.25. The van der Waals surface area contributed by atoms with Gasteiger partial charge in [-0.25, -0.2) is 0 Å². The Morgan fingerprint density at radius 3 is 2.58 bits per heavy atom. The average Bonchev–Trinajstić information content (AvgIpc) is 3.15. The number of carboxylic acids is 1. The van der Waals surface area contributed by atoms with E-state index in [1.165, 1.54) is 7.11 Å². The van der Waals surface area contributed by atoms with Crippen molar-refractivity contribution in [3.8, 4) is 5.75 Å². The minimum Gasteiger partial charge on any atom is -0.495 e. The number of ether oxygens (including phenoxy) is 1. The van der Waals surface area contributed by atoms with Crippen LogP contribution < -0.4 is 4.74 Å². The molecule has 2 aromatic rings. The van der Waals surface area contributed by atoms with Crippen LogP contribution in [0.5, 0.6) is 5.75 Å². The van der Waals surface area contributed by atoms with E-state index in [0.29, 0.717) is 32.9 Å². The smallest absolute Gasteiger partial charge is 0.307 e. The van der Waals surface area contributed by atoms with Crippen LogP contribution in [0.4, 0.5) is 0 Å². The van der Waals surface area contributed by atoms with Gasteiger partial charge >= 0.3 is 5.97 Å². The van der Waals surface area contributed by atoms with E-state index in [9.17, 15) is 14.7 Å². The third kappa shape index (κ3) is 2.67. The molecule has 3 rings (SSSR count). The first kappa shape index (κ1) is 16.8. The summed E-state index contributed by atoms with van der Waals surface area (Å²) < 4.78 is 6.90. The van der Waals surface area contributed by atoms with Crippen molar-refractivity contribution < 1.29 is 19.4 Å². The summed E-state index contributed by atoms with van der Waals surface area (Å²) in [5, 5.41) is 10.2. The van der Waals surface area contributed by atoms with Crippen LogP contribution in [0.1, 0.15) is 41.7 Å². The molecule has 0 spiro atoms. The Balaban J connectivity index is 2.25. The van der Waals surface area contributed by atoms with Gasteiger partial charge in [0.15, 0.2) is 0 Å². The van der Waals surface area contributed by atoms with Crippen LogP contribution in [0.2, 0.25) is 5.02 Å². The Bertz CT molecular complexity index is 818. The number of rotatable bonds is 4. The molecule has 1 N–H and O–H groups in total. The molecule has 0 radical (unpaired) electrons. The Labute approximate surface area is 145 Å². The molecule has 1 aromatic carbocycles. The standard InChI is InChI=1S/C18H20ClNO4/c1-10-12(9-15(21)22)16-13(7-8-14(24-2)17(16)19)20(10)18(23)11-5-3-4-6-11/h7-8,11H,3-6,9H2,1-2H3,(H,21,22). The molecule has 1 fully saturated rings. The van der Waals surface area contributed by atoms with E-state index in [2.05, 4.69) is 0 Å². The van der Waals surface area contributed by atoms with Crippen LogP contribution in [0.25, 0.3) is 10.9 Å². The van der Waals surface area contributed by atoms with Crippen molar-refractivity contribution >= 4 is 34.4 Å². The van der Waals surface area contributed by atoms with Crippen LogP contribution in [0, 0.1) is 12.8 Å². The number of aromatic nitrogens is 1. The van der Waals surface area contributed by atoms with Gasteiger partial charge in [0.25, 0.3) is 0 Å². The summed E-state index contributed by atoms with van der Waals surface area (Å²) in [7, 11) is 1.51. The highest BCUT2D eigenvalue weighted by Gasteiger charge is 2.29. The molecule has 1 aliphatic rings. The van der Waals surface area contributed by atoms with Crippen molar-refractivity contribution in [2.45, 2.75) is 39.0 Å². The number of carboxylic acid groups (broad SMARTS) is 1. The lowest BCUT2D eigenvalue weighted by Crippen LogP contribution is -2.20. The molecule has 0 aliphatic heterocycles. The van der Waals surface area contributed by atoms with Crippen LogP contribution in [-0.4, -0.2) is 28.7 Å². The SMILES string of the molecule is COc1ccc2c(c1Cl)c(CC(=O)O)c(C)n2C(=O)C1CCCC1. The topological polar surface area (TPSA) is 68.5 Å². The molecular weight excluding hydrogens is 330 g/mol. The second-order valence-corrected chi connectivity index (χ2v) is 6.64. The fourth-order valence-electron chi connectivity index (χ4n) is 3.68. The molecular formula is C18H20ClNO4. The largest absolute Gasteiger partial charge is 0.495 e. The lowest BCUT2D eigenvalue weighted by molar-refractivity contribution is -0.136. The Hall–Kier alpha value is -2.01. The summed E-state index contributed by atoms with van der Waals surface area (Å²) in [4.78, 5) is 24.3. The first-order chi connectivity index (χ1) is 11.5. The molecule has 24 heavy (non-hydrogen) atoms. The highest BCUT2D eigenvalue weighted by molar-refractivity contribution is 6.37. The van der Waals surface area contributed by atoms with E-state index in [1.54, 1.807) is 23.6 Å². The summed E-state index contributed by atoms with van der Waals surface area (Å²) in [5.41, 5.74) is 1.89. The summed E-state index contributed by atoms with van der Waals surface area (Å²) in [6, 6.07) is 3.50. The Morgan fingerprint density at radius 1 is 1.33 bits per heavy atom. The molecule has 1 heterocycles. The minimum absolute atomic E-state index is 0.00199. The minimum atomic E-state index is -0.954. The van der Waals surface area contributed by atoms with Gasteiger partial charge in [-0.1, -0.05) is 24.4 Å². The van der Waals surface area contributed by atoms with Gasteiger partial charge in [-0.05, 0) is 37.5 Å². The molecule has 5 nitrogen and oxygen atoms in total. The number of hydrogen-bond donors (Lipinski definition) is 1. The molecule has 0 unspecified atom stereocenters. The third-order valence-electron chi connectivity index (χ3n) is 4.87. The maximum absolute atomic E-state index is 13.0. The first-order valence-corrected chi connectivity index (χ1v) is 8.45. The number of fused-ring (bicyclic) bond motifs is 1. The quantitative estimate of drug-likeness (QED) is 0.903. The summed E-state index contributed by atoms with van der Waals surface area (Å²) in [5.74, 6) is -0.448. The number of hydrogen-bond acceptors (Lipinski definition) is 3. The van der Waals surface area contributed by atoms with E-state index < -0.39 is 5.97 Å². The normalized spacial score (nSPS) is 15.1. The highest BCUT2D eigenvalue weighted by Crippen LogP contribution is 2.39. The van der Waals surface area contributed by atoms with Crippen LogP contribution in [0.15, 0.2) is 12.1 Å². The van der Waals surface area contributed by atoms with Gasteiger partial charge in [0, 0.05) is 17.0 Å². The Morgan fingerprint density at radius 2 is 2.00 bits per heavy atom. The Kier molecular flexibility index (Phi) is 4.54. The second kappa shape index (κ2) is 6.48. The molecule has 1 saturated carbocycles. The van der Waals surface area contributed by atoms with Crippen LogP contribution >= 0.6 is 11.6 Å². The number of methoxy groups -OCH3 is 1. The maximum Gasteiger partial charge on any atom is 0.307 e. The number of carbonyl (C=O) groups excluding carboxylic acids is 1. The van der Waals surface area contributed by atoms with E-state index >= 15 is 0 Å². The van der Waals surface area contributed by atoms with E-state index in [4.69, 9.17) is 16.3 Å². The van der Waals surface area contributed by atoms with Crippen LogP contribution in [0.3, 0.4) is 0 Å².